The largest absolute Gasteiger partial charge is 0.507 e. The van der Waals surface area contributed by atoms with Crippen LogP contribution in [0.5, 0.6) is 23.0 Å². The van der Waals surface area contributed by atoms with Gasteiger partial charge in [0.15, 0.2) is 0 Å². The normalized spacial score (nSPS) is 13.7. The van der Waals surface area contributed by atoms with E-state index in [9.17, 15) is 29.4 Å². The summed E-state index contributed by atoms with van der Waals surface area (Å²) in [6.45, 7) is 8.86. The Morgan fingerprint density at radius 2 is 1.24 bits per heavy atom. The molecule has 0 aromatic heterocycles. The molecule has 4 rings (SSSR count). The molecule has 5 atom stereocenters. The van der Waals surface area contributed by atoms with Crippen LogP contribution in [0.1, 0.15) is 56.9 Å². The van der Waals surface area contributed by atoms with E-state index in [4.69, 9.17) is 18.9 Å². The van der Waals surface area contributed by atoms with Crippen molar-refractivity contribution >= 4 is 23.8 Å². The molecule has 7 N–H and O–H groups in total. The van der Waals surface area contributed by atoms with Crippen molar-refractivity contribution < 1.29 is 48.3 Å². The number of benzene rings is 4. The Labute approximate surface area is 363 Å². The number of aliphatic hydroxyl groups is 1. The number of hydrogen-bond donors (Lipinski definition) is 7. The van der Waals surface area contributed by atoms with Gasteiger partial charge in [0.2, 0.25) is 17.7 Å². The van der Waals surface area contributed by atoms with E-state index in [0.717, 1.165) is 11.1 Å². The number of alkyl carbamates (subject to hydrolysis) is 1. The number of amides is 4. The lowest BCUT2D eigenvalue weighted by Crippen LogP contribution is -2.63. The Morgan fingerprint density at radius 3 is 1.79 bits per heavy atom. The van der Waals surface area contributed by atoms with Gasteiger partial charge in [-0.3, -0.25) is 19.7 Å². The fourth-order valence-corrected chi connectivity index (χ4v) is 6.64. The Bertz CT molecular complexity index is 2050. The Hall–Kier alpha value is -6.32. The van der Waals surface area contributed by atoms with Gasteiger partial charge >= 0.3 is 6.09 Å². The predicted octanol–water partition coefficient (Wildman–Crippen LogP) is 4.76. The van der Waals surface area contributed by atoms with Crippen LogP contribution in [-0.4, -0.2) is 85.6 Å². The highest BCUT2D eigenvalue weighted by Gasteiger charge is 2.40. The van der Waals surface area contributed by atoms with E-state index < -0.39 is 65.4 Å². The number of phenolic OH excluding ortho intramolecular Hbond substituents is 1. The maximum Gasteiger partial charge on any atom is 0.408 e. The van der Waals surface area contributed by atoms with Crippen LogP contribution in [0.3, 0.4) is 0 Å². The highest BCUT2D eigenvalue weighted by atomic mass is 16.5. The number of carbonyl (C=O) groups is 4. The number of rotatable bonds is 21. The van der Waals surface area contributed by atoms with Gasteiger partial charge < -0.3 is 50.4 Å². The molecule has 0 radical (unpaired) electrons. The first-order valence-electron chi connectivity index (χ1n) is 20.4. The van der Waals surface area contributed by atoms with Crippen LogP contribution in [0.2, 0.25) is 0 Å². The van der Waals surface area contributed by atoms with E-state index in [2.05, 4.69) is 26.6 Å². The van der Waals surface area contributed by atoms with Gasteiger partial charge in [-0.15, -0.1) is 0 Å². The Kier molecular flexibility index (Phi) is 18.0. The minimum Gasteiger partial charge on any atom is -0.507 e. The maximum atomic E-state index is 14.5. The summed E-state index contributed by atoms with van der Waals surface area (Å²) < 4.78 is 21.5. The Balaban J connectivity index is 1.65. The fraction of sp³-hybridized carbons (Fsp3) is 0.404. The van der Waals surface area contributed by atoms with E-state index in [-0.39, 0.29) is 31.9 Å². The number of aliphatic hydroxyl groups excluding tert-OH is 1. The van der Waals surface area contributed by atoms with Crippen LogP contribution in [0, 0.1) is 11.3 Å². The minimum atomic E-state index is -1.61. The molecule has 0 heterocycles. The number of nitrogens with one attached hydrogen (secondary N) is 5. The third-order valence-corrected chi connectivity index (χ3v) is 10.2. The van der Waals surface area contributed by atoms with E-state index in [0.29, 0.717) is 28.4 Å². The average molecular weight is 856 g/mol. The van der Waals surface area contributed by atoms with Crippen LogP contribution in [0.25, 0.3) is 0 Å². The van der Waals surface area contributed by atoms with Gasteiger partial charge in [-0.05, 0) is 58.7 Å². The minimum absolute atomic E-state index is 0.0124. The van der Waals surface area contributed by atoms with Crippen molar-refractivity contribution in [2.24, 2.45) is 11.3 Å². The van der Waals surface area contributed by atoms with Crippen LogP contribution in [0.15, 0.2) is 97.1 Å². The number of ether oxygens (including phenoxy) is 4. The second kappa shape index (κ2) is 23.0. The van der Waals surface area contributed by atoms with Crippen molar-refractivity contribution in [2.45, 2.75) is 91.0 Å². The van der Waals surface area contributed by atoms with Gasteiger partial charge in [0, 0.05) is 30.8 Å². The number of aromatic hydroxyl groups is 1. The average Bonchev–Trinajstić information content (AvgIpc) is 3.25. The molecule has 0 spiro atoms. The molecule has 0 aliphatic carbocycles. The molecule has 62 heavy (non-hydrogen) atoms. The third kappa shape index (κ3) is 14.4. The second-order valence-electron chi connectivity index (χ2n) is 16.3. The van der Waals surface area contributed by atoms with Crippen molar-refractivity contribution in [1.82, 2.24) is 26.6 Å². The molecule has 0 aliphatic heterocycles. The quantitative estimate of drug-likeness (QED) is 0.0609. The van der Waals surface area contributed by atoms with Crippen molar-refractivity contribution in [3.63, 3.8) is 0 Å². The monoisotopic (exact) mass is 855 g/mol. The molecule has 334 valence electrons. The standard InChI is InChI=1S/C47H61N5O10/c1-29(2)39(43(55)49-27-33-19-20-34(59-6)25-38(33)53)51-44(56)40(48-26-32-21-35(60-7)24-36(22-32)61-8)41(54)37(23-30-15-11-9-12-16-30)50-45(57)42(47(3,4)5)52-46(58)62-28-31-17-13-10-14-18-31/h9-22,24-25,29,37,39-42,48,53-54H,23,26-28H2,1-8H3,(H,49,55)(H,50,57)(H,51,56)(H,52,58)/t37-,39-,40+,41+,42+/m0/s1. The summed E-state index contributed by atoms with van der Waals surface area (Å²) in [6.07, 6.45) is -2.33. The lowest BCUT2D eigenvalue weighted by molar-refractivity contribution is -0.134. The van der Waals surface area contributed by atoms with Gasteiger partial charge in [0.25, 0.3) is 0 Å². The molecule has 0 saturated carbocycles. The zero-order chi connectivity index (χ0) is 45.4. The molecule has 4 aromatic rings. The number of hydrogen-bond acceptors (Lipinski definition) is 11. The summed E-state index contributed by atoms with van der Waals surface area (Å²) in [5.74, 6) is -0.911. The van der Waals surface area contributed by atoms with Gasteiger partial charge in [0.1, 0.15) is 47.7 Å². The third-order valence-electron chi connectivity index (χ3n) is 10.2. The van der Waals surface area contributed by atoms with Gasteiger partial charge in [-0.1, -0.05) is 95.3 Å². The second-order valence-corrected chi connectivity index (χ2v) is 16.3. The number of phenols is 1. The molecule has 0 unspecified atom stereocenters. The van der Waals surface area contributed by atoms with Crippen molar-refractivity contribution in [1.29, 1.82) is 0 Å². The number of carbonyl (C=O) groups excluding carboxylic acids is 4. The molecule has 0 fully saturated rings. The SMILES string of the molecule is COc1cc(CN[C@@H](C(=O)N[C@H](C(=O)NCc2ccc(OC)cc2O)C(C)C)[C@H](O)[C@H](Cc2ccccc2)NC(=O)[C@@H](NC(=O)OCc2ccccc2)C(C)(C)C)cc(OC)c1. The van der Waals surface area contributed by atoms with E-state index >= 15 is 0 Å². The van der Waals surface area contributed by atoms with Crippen LogP contribution in [-0.2, 0) is 45.2 Å². The Morgan fingerprint density at radius 1 is 0.645 bits per heavy atom. The summed E-state index contributed by atoms with van der Waals surface area (Å²) in [6, 6.07) is 23.4. The van der Waals surface area contributed by atoms with E-state index in [1.807, 2.05) is 60.7 Å². The fourth-order valence-electron chi connectivity index (χ4n) is 6.64. The summed E-state index contributed by atoms with van der Waals surface area (Å²) in [5.41, 5.74) is 1.78. The smallest absolute Gasteiger partial charge is 0.408 e. The summed E-state index contributed by atoms with van der Waals surface area (Å²) in [5, 5.41) is 37.3. The van der Waals surface area contributed by atoms with E-state index in [1.165, 1.54) is 27.4 Å². The molecule has 0 bridgehead atoms. The first-order chi connectivity index (χ1) is 29.5. The molecular weight excluding hydrogens is 795 g/mol. The molecule has 0 saturated heterocycles. The summed E-state index contributed by atoms with van der Waals surface area (Å²) >= 11 is 0. The predicted molar refractivity (Wildman–Crippen MR) is 235 cm³/mol. The topological polar surface area (TPSA) is 206 Å². The highest BCUT2D eigenvalue weighted by Crippen LogP contribution is 2.25. The zero-order valence-electron chi connectivity index (χ0n) is 36.7. The van der Waals surface area contributed by atoms with Crippen LogP contribution >= 0.6 is 0 Å². The molecule has 15 nitrogen and oxygen atoms in total. The summed E-state index contributed by atoms with van der Waals surface area (Å²) in [7, 11) is 4.50. The van der Waals surface area contributed by atoms with Gasteiger partial charge in [0.05, 0.1) is 33.5 Å². The molecule has 0 aliphatic rings. The zero-order valence-corrected chi connectivity index (χ0v) is 36.7. The summed E-state index contributed by atoms with van der Waals surface area (Å²) in [4.78, 5) is 55.6. The van der Waals surface area contributed by atoms with Gasteiger partial charge in [-0.2, -0.15) is 0 Å². The lowest BCUT2D eigenvalue weighted by Gasteiger charge is -2.35. The molecule has 15 heteroatoms. The first kappa shape index (κ1) is 48.3. The van der Waals surface area contributed by atoms with Crippen molar-refractivity contribution in [2.75, 3.05) is 21.3 Å². The van der Waals surface area contributed by atoms with Crippen LogP contribution in [0.4, 0.5) is 4.79 Å². The maximum absolute atomic E-state index is 14.5. The van der Waals surface area contributed by atoms with Gasteiger partial charge in [-0.25, -0.2) is 4.79 Å². The van der Waals surface area contributed by atoms with Crippen molar-refractivity contribution in [3.05, 3.63) is 119 Å². The van der Waals surface area contributed by atoms with Crippen molar-refractivity contribution in [3.8, 4) is 23.0 Å². The van der Waals surface area contributed by atoms with E-state index in [1.54, 1.807) is 65.0 Å². The molecule has 4 amide bonds. The molecule has 4 aromatic carbocycles. The highest BCUT2D eigenvalue weighted by molar-refractivity contribution is 5.91. The molecular formula is C47H61N5O10. The van der Waals surface area contributed by atoms with Crippen LogP contribution < -0.4 is 40.8 Å². The first-order valence-corrected chi connectivity index (χ1v) is 20.4. The lowest BCUT2D eigenvalue weighted by atomic mass is 9.85. The number of methoxy groups -OCH3 is 3.